The first-order chi connectivity index (χ1) is 10.2. The summed E-state index contributed by atoms with van der Waals surface area (Å²) >= 11 is 1.84. The summed E-state index contributed by atoms with van der Waals surface area (Å²) in [6.07, 6.45) is 1.92. The molecule has 2 atom stereocenters. The molecule has 2 aromatic rings. The minimum atomic E-state index is -0.0181. The maximum atomic E-state index is 12.8. The van der Waals surface area contributed by atoms with Crippen molar-refractivity contribution in [3.8, 4) is 0 Å². The number of carbonyl (C=O) groups is 1. The smallest absolute Gasteiger partial charge is 0.179 e. The second kappa shape index (κ2) is 6.12. The number of hydrogen-bond acceptors (Lipinski definition) is 3. The lowest BCUT2D eigenvalue weighted by molar-refractivity contribution is 0.0720. The molecule has 0 aliphatic carbocycles. The van der Waals surface area contributed by atoms with Crippen molar-refractivity contribution in [2.75, 3.05) is 6.54 Å². The zero-order valence-electron chi connectivity index (χ0n) is 12.6. The predicted octanol–water partition coefficient (Wildman–Crippen LogP) is 4.33. The number of ketones is 1. The molecule has 110 valence electrons. The van der Waals surface area contributed by atoms with Crippen LogP contribution in [0.15, 0.2) is 41.8 Å². The fourth-order valence-electron chi connectivity index (χ4n) is 3.32. The van der Waals surface area contributed by atoms with E-state index in [0.717, 1.165) is 24.9 Å². The van der Waals surface area contributed by atoms with E-state index in [-0.39, 0.29) is 11.8 Å². The molecule has 1 aromatic carbocycles. The van der Waals surface area contributed by atoms with Gasteiger partial charge >= 0.3 is 0 Å². The van der Waals surface area contributed by atoms with E-state index in [9.17, 15) is 4.79 Å². The lowest BCUT2D eigenvalue weighted by Crippen LogP contribution is -2.45. The summed E-state index contributed by atoms with van der Waals surface area (Å²) in [6, 6.07) is 12.2. The van der Waals surface area contributed by atoms with Gasteiger partial charge in [0, 0.05) is 23.0 Å². The van der Waals surface area contributed by atoms with E-state index >= 15 is 0 Å². The second-order valence-corrected chi connectivity index (χ2v) is 6.62. The van der Waals surface area contributed by atoms with Crippen LogP contribution in [0, 0.1) is 0 Å². The summed E-state index contributed by atoms with van der Waals surface area (Å²) in [5, 5.41) is 2.17. The van der Waals surface area contributed by atoms with Gasteiger partial charge in [0.2, 0.25) is 0 Å². The summed E-state index contributed by atoms with van der Waals surface area (Å²) in [6.45, 7) is 5.32. The largest absolute Gasteiger partial charge is 0.292 e. The molecule has 1 aliphatic rings. The first-order valence-electron chi connectivity index (χ1n) is 7.63. The number of thiophene rings is 1. The molecule has 3 heteroatoms. The molecule has 0 radical (unpaired) electrons. The van der Waals surface area contributed by atoms with E-state index < -0.39 is 0 Å². The molecule has 1 aliphatic heterocycles. The average Bonchev–Trinajstić information content (AvgIpc) is 3.00. The third-order valence-corrected chi connectivity index (χ3v) is 5.47. The molecule has 1 aromatic heterocycles. The number of nitrogens with zero attached hydrogens (tertiary/aromatic N) is 1. The van der Waals surface area contributed by atoms with Crippen LogP contribution in [0.5, 0.6) is 0 Å². The first kappa shape index (κ1) is 14.5. The summed E-state index contributed by atoms with van der Waals surface area (Å²) in [7, 11) is 0. The van der Waals surface area contributed by atoms with Crippen molar-refractivity contribution in [3.63, 3.8) is 0 Å². The van der Waals surface area contributed by atoms with Crippen molar-refractivity contribution < 1.29 is 4.79 Å². The van der Waals surface area contributed by atoms with Crippen LogP contribution >= 0.6 is 11.3 Å². The van der Waals surface area contributed by atoms with Gasteiger partial charge in [-0.25, -0.2) is 0 Å². The van der Waals surface area contributed by atoms with Gasteiger partial charge in [0.25, 0.3) is 0 Å². The molecular formula is C18H21NOS. The minimum absolute atomic E-state index is 0.0181. The highest BCUT2D eigenvalue weighted by Crippen LogP contribution is 2.35. The summed E-state index contributed by atoms with van der Waals surface area (Å²) in [5.41, 5.74) is 2.23. The van der Waals surface area contributed by atoms with E-state index in [1.54, 1.807) is 0 Å². The van der Waals surface area contributed by atoms with Gasteiger partial charge < -0.3 is 0 Å². The molecule has 2 nitrogen and oxygen atoms in total. The Morgan fingerprint density at radius 3 is 2.81 bits per heavy atom. The lowest BCUT2D eigenvalue weighted by atomic mass is 9.94. The van der Waals surface area contributed by atoms with Crippen molar-refractivity contribution in [1.82, 2.24) is 4.90 Å². The summed E-state index contributed by atoms with van der Waals surface area (Å²) in [5.74, 6) is 0.253. The second-order valence-electron chi connectivity index (χ2n) is 5.62. The highest BCUT2D eigenvalue weighted by molar-refractivity contribution is 7.10. The fraction of sp³-hybridized carbons (Fsp3) is 0.389. The van der Waals surface area contributed by atoms with E-state index in [4.69, 9.17) is 0 Å². The van der Waals surface area contributed by atoms with Crippen molar-refractivity contribution in [3.05, 3.63) is 57.8 Å². The van der Waals surface area contributed by atoms with Crippen molar-refractivity contribution in [1.29, 1.82) is 0 Å². The zero-order chi connectivity index (χ0) is 14.8. The molecule has 0 saturated heterocycles. The Morgan fingerprint density at radius 1 is 1.33 bits per heavy atom. The quantitative estimate of drug-likeness (QED) is 0.783. The number of benzene rings is 1. The average molecular weight is 299 g/mol. The van der Waals surface area contributed by atoms with Gasteiger partial charge in [0.1, 0.15) is 0 Å². The van der Waals surface area contributed by atoms with Crippen molar-refractivity contribution in [2.45, 2.75) is 38.8 Å². The van der Waals surface area contributed by atoms with E-state index in [1.807, 2.05) is 41.7 Å². The third-order valence-electron chi connectivity index (χ3n) is 4.47. The van der Waals surface area contributed by atoms with Gasteiger partial charge in [-0.15, -0.1) is 11.3 Å². The number of carbonyl (C=O) groups excluding carboxylic acids is 1. The standard InChI is InChI=1S/C18H21NOS/c1-3-16(18(20)14-7-5-4-6-8-14)19-11-9-17-15(13(19)2)10-12-21-17/h4-8,10,12-13,16H,3,9,11H2,1-2H3. The normalized spacial score (nSPS) is 20.0. The third kappa shape index (κ3) is 2.68. The Kier molecular flexibility index (Phi) is 4.22. The minimum Gasteiger partial charge on any atom is -0.292 e. The molecule has 21 heavy (non-hydrogen) atoms. The SMILES string of the molecule is CCC(C(=O)c1ccccc1)N1CCc2sccc2C1C. The van der Waals surface area contributed by atoms with Crippen LogP contribution in [-0.4, -0.2) is 23.3 Å². The van der Waals surface area contributed by atoms with Gasteiger partial charge in [-0.3, -0.25) is 9.69 Å². The van der Waals surface area contributed by atoms with E-state index in [1.165, 1.54) is 10.4 Å². The molecule has 0 N–H and O–H groups in total. The molecule has 0 saturated carbocycles. The van der Waals surface area contributed by atoms with Gasteiger partial charge in [-0.2, -0.15) is 0 Å². The molecule has 0 amide bonds. The molecule has 2 heterocycles. The van der Waals surface area contributed by atoms with Gasteiger partial charge in [-0.1, -0.05) is 37.3 Å². The number of rotatable bonds is 4. The fourth-order valence-corrected chi connectivity index (χ4v) is 4.28. The topological polar surface area (TPSA) is 20.3 Å². The first-order valence-corrected chi connectivity index (χ1v) is 8.51. The maximum absolute atomic E-state index is 12.8. The molecule has 3 rings (SSSR count). The summed E-state index contributed by atoms with van der Waals surface area (Å²) in [4.78, 5) is 16.7. The Labute approximate surface area is 130 Å². The van der Waals surface area contributed by atoms with E-state index in [0.29, 0.717) is 6.04 Å². The Morgan fingerprint density at radius 2 is 2.10 bits per heavy atom. The van der Waals surface area contributed by atoms with Crippen molar-refractivity contribution in [2.24, 2.45) is 0 Å². The predicted molar refractivity (Wildman–Crippen MR) is 88.0 cm³/mol. The molecular weight excluding hydrogens is 278 g/mol. The molecule has 0 fully saturated rings. The van der Waals surface area contributed by atoms with Crippen LogP contribution in [0.25, 0.3) is 0 Å². The Balaban J connectivity index is 1.86. The monoisotopic (exact) mass is 299 g/mol. The number of hydrogen-bond donors (Lipinski definition) is 0. The van der Waals surface area contributed by atoms with Crippen LogP contribution in [0.2, 0.25) is 0 Å². The number of fused-ring (bicyclic) bond motifs is 1. The van der Waals surface area contributed by atoms with Gasteiger partial charge in [0.15, 0.2) is 5.78 Å². The van der Waals surface area contributed by atoms with Crippen LogP contribution in [-0.2, 0) is 6.42 Å². The zero-order valence-corrected chi connectivity index (χ0v) is 13.4. The summed E-state index contributed by atoms with van der Waals surface area (Å²) < 4.78 is 0. The van der Waals surface area contributed by atoms with Crippen LogP contribution in [0.3, 0.4) is 0 Å². The Bertz CT molecular complexity index is 619. The highest BCUT2D eigenvalue weighted by atomic mass is 32.1. The van der Waals surface area contributed by atoms with Crippen LogP contribution in [0.1, 0.15) is 47.1 Å². The molecule has 0 spiro atoms. The maximum Gasteiger partial charge on any atom is 0.179 e. The van der Waals surface area contributed by atoms with Crippen LogP contribution in [0.4, 0.5) is 0 Å². The molecule has 0 bridgehead atoms. The highest BCUT2D eigenvalue weighted by Gasteiger charge is 2.33. The lowest BCUT2D eigenvalue weighted by Gasteiger charge is -2.38. The van der Waals surface area contributed by atoms with Gasteiger partial charge in [0.05, 0.1) is 6.04 Å². The van der Waals surface area contributed by atoms with E-state index in [2.05, 4.69) is 30.2 Å². The van der Waals surface area contributed by atoms with Crippen LogP contribution < -0.4 is 0 Å². The molecule has 2 unspecified atom stereocenters. The van der Waals surface area contributed by atoms with Gasteiger partial charge in [-0.05, 0) is 36.8 Å². The Hall–Kier alpha value is -1.45. The van der Waals surface area contributed by atoms with Crippen molar-refractivity contribution >= 4 is 17.1 Å². The number of Topliss-reactive ketones (excluding diaryl/α,β-unsaturated/α-hetero) is 1.